The molecule has 0 radical (unpaired) electrons. The molecule has 0 bridgehead atoms. The molecule has 0 aliphatic heterocycles. The van der Waals surface area contributed by atoms with E-state index in [1.807, 2.05) is 32.8 Å². The van der Waals surface area contributed by atoms with Crippen LogP contribution in [0.4, 0.5) is 0 Å². The average molecular weight is 244 g/mol. The lowest BCUT2D eigenvalue weighted by Crippen LogP contribution is -2.42. The van der Waals surface area contributed by atoms with Gasteiger partial charge in [0.2, 0.25) is 5.91 Å². The van der Waals surface area contributed by atoms with Crippen LogP contribution in [0, 0.1) is 5.92 Å². The van der Waals surface area contributed by atoms with E-state index in [1.165, 1.54) is 4.90 Å². The summed E-state index contributed by atoms with van der Waals surface area (Å²) in [6.07, 6.45) is 1.51. The van der Waals surface area contributed by atoms with Crippen molar-refractivity contribution in [2.45, 2.75) is 26.7 Å². The van der Waals surface area contributed by atoms with E-state index in [2.05, 4.69) is 0 Å². The maximum Gasteiger partial charge on any atom is 0.323 e. The molecule has 1 N–H and O–H groups in total. The molecule has 0 rings (SSSR count). The van der Waals surface area contributed by atoms with E-state index in [1.54, 1.807) is 0 Å². The number of hydrogen-bond acceptors (Lipinski definition) is 3. The minimum absolute atomic E-state index is 0.0424. The summed E-state index contributed by atoms with van der Waals surface area (Å²) in [4.78, 5) is 26.2. The Kier molecular flexibility index (Phi) is 7.54. The Hall–Kier alpha value is -1.10. The van der Waals surface area contributed by atoms with Crippen molar-refractivity contribution in [3.05, 3.63) is 0 Å². The van der Waals surface area contributed by atoms with E-state index in [4.69, 9.17) is 5.11 Å². The molecule has 0 heterocycles. The highest BCUT2D eigenvalue weighted by Crippen LogP contribution is 2.11. The summed E-state index contributed by atoms with van der Waals surface area (Å²) in [6.45, 7) is 4.85. The molecule has 0 aliphatic rings. The number of aliphatic carboxylic acids is 1. The van der Waals surface area contributed by atoms with Crippen molar-refractivity contribution >= 4 is 11.9 Å². The first-order chi connectivity index (χ1) is 7.92. The Bertz CT molecular complexity index is 250. The molecule has 0 saturated heterocycles. The van der Waals surface area contributed by atoms with Gasteiger partial charge in [0.05, 0.1) is 0 Å². The number of rotatable bonds is 8. The molecule has 0 spiro atoms. The molecule has 100 valence electrons. The standard InChI is InChI=1S/C12H24N2O3/c1-5-10(6-2)12(17)14(9-11(15)16)8-7-13(3)4/h10H,5-9H2,1-4H3,(H,15,16). The number of carboxylic acid groups (broad SMARTS) is 1. The van der Waals surface area contributed by atoms with Crippen molar-refractivity contribution in [1.29, 1.82) is 0 Å². The van der Waals surface area contributed by atoms with Crippen LogP contribution < -0.4 is 0 Å². The van der Waals surface area contributed by atoms with Crippen molar-refractivity contribution in [1.82, 2.24) is 9.80 Å². The molecule has 0 fully saturated rings. The second-order valence-electron chi connectivity index (χ2n) is 4.47. The van der Waals surface area contributed by atoms with Crippen LogP contribution in [-0.4, -0.2) is 60.5 Å². The topological polar surface area (TPSA) is 60.9 Å². The summed E-state index contributed by atoms with van der Waals surface area (Å²) in [5.74, 6) is -1.06. The quantitative estimate of drug-likeness (QED) is 0.689. The second kappa shape index (κ2) is 8.06. The summed E-state index contributed by atoms with van der Waals surface area (Å²) < 4.78 is 0. The minimum Gasteiger partial charge on any atom is -0.480 e. The fourth-order valence-electron chi connectivity index (χ4n) is 1.65. The third-order valence-electron chi connectivity index (χ3n) is 2.79. The Morgan fingerprint density at radius 3 is 2.00 bits per heavy atom. The van der Waals surface area contributed by atoms with Crippen molar-refractivity contribution < 1.29 is 14.7 Å². The Balaban J connectivity index is 4.54. The van der Waals surface area contributed by atoms with Gasteiger partial charge in [-0.2, -0.15) is 0 Å². The molecule has 5 nitrogen and oxygen atoms in total. The summed E-state index contributed by atoms with van der Waals surface area (Å²) >= 11 is 0. The van der Waals surface area contributed by atoms with Crippen LogP contribution >= 0.6 is 0 Å². The van der Waals surface area contributed by atoms with Gasteiger partial charge in [-0.25, -0.2) is 0 Å². The van der Waals surface area contributed by atoms with Crippen LogP contribution in [-0.2, 0) is 9.59 Å². The maximum absolute atomic E-state index is 12.1. The van der Waals surface area contributed by atoms with Gasteiger partial charge >= 0.3 is 5.97 Å². The average Bonchev–Trinajstić information content (AvgIpc) is 2.25. The summed E-state index contributed by atoms with van der Waals surface area (Å²) in [5.41, 5.74) is 0. The van der Waals surface area contributed by atoms with E-state index in [0.29, 0.717) is 13.1 Å². The lowest BCUT2D eigenvalue weighted by Gasteiger charge is -2.26. The van der Waals surface area contributed by atoms with Crippen LogP contribution in [0.1, 0.15) is 26.7 Å². The molecule has 0 aromatic carbocycles. The Labute approximate surface area is 103 Å². The van der Waals surface area contributed by atoms with Gasteiger partial charge in [-0.05, 0) is 26.9 Å². The van der Waals surface area contributed by atoms with Crippen LogP contribution in [0.3, 0.4) is 0 Å². The van der Waals surface area contributed by atoms with Gasteiger partial charge in [-0.15, -0.1) is 0 Å². The van der Waals surface area contributed by atoms with Gasteiger partial charge < -0.3 is 14.9 Å². The van der Waals surface area contributed by atoms with E-state index < -0.39 is 5.97 Å². The van der Waals surface area contributed by atoms with Crippen LogP contribution in [0.25, 0.3) is 0 Å². The molecular formula is C12H24N2O3. The molecule has 0 aliphatic carbocycles. The highest BCUT2D eigenvalue weighted by Gasteiger charge is 2.22. The highest BCUT2D eigenvalue weighted by atomic mass is 16.4. The molecule has 0 aromatic rings. The van der Waals surface area contributed by atoms with Gasteiger partial charge in [0.15, 0.2) is 0 Å². The molecular weight excluding hydrogens is 220 g/mol. The van der Waals surface area contributed by atoms with Gasteiger partial charge in [-0.3, -0.25) is 9.59 Å². The fraction of sp³-hybridized carbons (Fsp3) is 0.833. The predicted molar refractivity (Wildman–Crippen MR) is 66.8 cm³/mol. The lowest BCUT2D eigenvalue weighted by atomic mass is 10.0. The van der Waals surface area contributed by atoms with E-state index >= 15 is 0 Å². The molecule has 0 saturated carbocycles. The molecule has 1 amide bonds. The number of amides is 1. The number of carbonyl (C=O) groups excluding carboxylic acids is 1. The van der Waals surface area contributed by atoms with Crippen molar-refractivity contribution in [2.24, 2.45) is 5.92 Å². The van der Waals surface area contributed by atoms with Crippen molar-refractivity contribution in [3.63, 3.8) is 0 Å². The van der Waals surface area contributed by atoms with Crippen molar-refractivity contribution in [3.8, 4) is 0 Å². The molecule has 17 heavy (non-hydrogen) atoms. The zero-order chi connectivity index (χ0) is 13.4. The van der Waals surface area contributed by atoms with Crippen molar-refractivity contribution in [2.75, 3.05) is 33.7 Å². The minimum atomic E-state index is -0.955. The van der Waals surface area contributed by atoms with Gasteiger partial charge in [0.1, 0.15) is 6.54 Å². The van der Waals surface area contributed by atoms with Gasteiger partial charge in [0, 0.05) is 19.0 Å². The molecule has 0 aromatic heterocycles. The molecule has 5 heteroatoms. The Morgan fingerprint density at radius 1 is 1.12 bits per heavy atom. The monoisotopic (exact) mass is 244 g/mol. The smallest absolute Gasteiger partial charge is 0.323 e. The number of hydrogen-bond donors (Lipinski definition) is 1. The molecule has 0 unspecified atom stereocenters. The van der Waals surface area contributed by atoms with E-state index in [0.717, 1.165) is 12.8 Å². The van der Waals surface area contributed by atoms with E-state index in [9.17, 15) is 9.59 Å². The summed E-state index contributed by atoms with van der Waals surface area (Å²) in [5, 5.41) is 8.82. The number of carboxylic acids is 1. The normalized spacial score (nSPS) is 10.9. The molecule has 0 atom stereocenters. The van der Waals surface area contributed by atoms with Gasteiger partial charge in [-0.1, -0.05) is 13.8 Å². The number of carbonyl (C=O) groups is 2. The highest BCUT2D eigenvalue weighted by molar-refractivity contribution is 5.83. The summed E-state index contributed by atoms with van der Waals surface area (Å²) in [6, 6.07) is 0. The van der Waals surface area contributed by atoms with Crippen LogP contribution in [0.15, 0.2) is 0 Å². The van der Waals surface area contributed by atoms with Crippen LogP contribution in [0.5, 0.6) is 0 Å². The van der Waals surface area contributed by atoms with Gasteiger partial charge in [0.25, 0.3) is 0 Å². The van der Waals surface area contributed by atoms with Crippen LogP contribution in [0.2, 0.25) is 0 Å². The predicted octanol–water partition coefficient (Wildman–Crippen LogP) is 0.897. The lowest BCUT2D eigenvalue weighted by molar-refractivity contribution is -0.146. The summed E-state index contributed by atoms with van der Waals surface area (Å²) in [7, 11) is 3.81. The number of nitrogens with zero attached hydrogens (tertiary/aromatic N) is 2. The SMILES string of the molecule is CCC(CC)C(=O)N(CCN(C)C)CC(=O)O. The first kappa shape index (κ1) is 15.9. The fourth-order valence-corrected chi connectivity index (χ4v) is 1.65. The third-order valence-corrected chi connectivity index (χ3v) is 2.79. The first-order valence-corrected chi connectivity index (χ1v) is 6.07. The zero-order valence-corrected chi connectivity index (χ0v) is 11.3. The Morgan fingerprint density at radius 2 is 1.65 bits per heavy atom. The maximum atomic E-state index is 12.1. The van der Waals surface area contributed by atoms with E-state index in [-0.39, 0.29) is 18.4 Å². The largest absolute Gasteiger partial charge is 0.480 e. The third kappa shape index (κ3) is 6.26. The number of likely N-dealkylation sites (N-methyl/N-ethyl adjacent to an activating group) is 1. The first-order valence-electron chi connectivity index (χ1n) is 6.07. The zero-order valence-electron chi connectivity index (χ0n) is 11.3. The second-order valence-corrected chi connectivity index (χ2v) is 4.47.